The van der Waals surface area contributed by atoms with Crippen LogP contribution < -0.4 is 10.9 Å². The first kappa shape index (κ1) is 15.7. The number of nitrogens with zero attached hydrogens (tertiary/aromatic N) is 1. The Balaban J connectivity index is 1.81. The number of halogens is 1. The molecule has 0 saturated heterocycles. The van der Waals surface area contributed by atoms with Crippen molar-refractivity contribution in [3.8, 4) is 0 Å². The normalized spacial score (nSPS) is 10.4. The zero-order chi connectivity index (χ0) is 16.9. The zero-order valence-corrected chi connectivity index (χ0v) is 12.8. The minimum absolute atomic E-state index is 0.183. The first-order valence-electron chi connectivity index (χ1n) is 7.43. The van der Waals surface area contributed by atoms with Crippen LogP contribution in [0.2, 0.25) is 0 Å². The van der Waals surface area contributed by atoms with Crippen LogP contribution in [0.15, 0.2) is 77.7 Å². The fourth-order valence-electron chi connectivity index (χ4n) is 2.31. The van der Waals surface area contributed by atoms with Gasteiger partial charge in [0.2, 0.25) is 0 Å². The number of nitrogens with one attached hydrogen (secondary N) is 1. The molecule has 4 nitrogen and oxygen atoms in total. The Morgan fingerprint density at radius 2 is 1.67 bits per heavy atom. The molecule has 0 unspecified atom stereocenters. The topological polar surface area (TPSA) is 51.1 Å². The Hall–Kier alpha value is -3.21. The van der Waals surface area contributed by atoms with Crippen LogP contribution >= 0.6 is 0 Å². The number of benzene rings is 2. The molecule has 2 aromatic carbocycles. The van der Waals surface area contributed by atoms with Crippen LogP contribution in [0.3, 0.4) is 0 Å². The summed E-state index contributed by atoms with van der Waals surface area (Å²) < 4.78 is 14.4. The van der Waals surface area contributed by atoms with Crippen molar-refractivity contribution in [1.29, 1.82) is 0 Å². The number of carbonyl (C=O) groups excluding carboxylic acids is 1. The summed E-state index contributed by atoms with van der Waals surface area (Å²) in [6.45, 7) is 0.386. The lowest BCUT2D eigenvalue weighted by Gasteiger charge is -2.09. The molecular weight excluding hydrogens is 307 g/mol. The number of anilines is 1. The SMILES string of the molecule is O=C(Nc1ccc(F)cc1)c1ccc(=O)n(Cc2ccccc2)c1. The molecule has 5 heteroatoms. The van der Waals surface area contributed by atoms with E-state index in [1.807, 2.05) is 30.3 Å². The van der Waals surface area contributed by atoms with Crippen LogP contribution in [0.4, 0.5) is 10.1 Å². The standard InChI is InChI=1S/C19H15FN2O2/c20-16-7-9-17(10-8-16)21-19(24)15-6-11-18(23)22(13-15)12-14-4-2-1-3-5-14/h1-11,13H,12H2,(H,21,24). The summed E-state index contributed by atoms with van der Waals surface area (Å²) in [7, 11) is 0. The third kappa shape index (κ3) is 3.76. The smallest absolute Gasteiger partial charge is 0.257 e. The first-order chi connectivity index (χ1) is 11.6. The molecule has 3 rings (SSSR count). The van der Waals surface area contributed by atoms with Crippen molar-refractivity contribution >= 4 is 11.6 Å². The van der Waals surface area contributed by atoms with E-state index in [0.717, 1.165) is 5.56 Å². The second kappa shape index (κ2) is 6.91. The molecular formula is C19H15FN2O2. The molecule has 0 radical (unpaired) electrons. The lowest BCUT2D eigenvalue weighted by molar-refractivity contribution is 0.102. The van der Waals surface area contributed by atoms with Gasteiger partial charge in [0.05, 0.1) is 12.1 Å². The quantitative estimate of drug-likeness (QED) is 0.801. The maximum absolute atomic E-state index is 12.9. The summed E-state index contributed by atoms with van der Waals surface area (Å²) >= 11 is 0. The molecule has 0 bridgehead atoms. The molecule has 3 aromatic rings. The van der Waals surface area contributed by atoms with E-state index in [-0.39, 0.29) is 17.3 Å². The molecule has 1 N–H and O–H groups in total. The summed E-state index contributed by atoms with van der Waals surface area (Å²) in [4.78, 5) is 24.3. The number of carbonyl (C=O) groups is 1. The molecule has 0 aliphatic heterocycles. The van der Waals surface area contributed by atoms with Crippen molar-refractivity contribution < 1.29 is 9.18 Å². The largest absolute Gasteiger partial charge is 0.322 e. The fraction of sp³-hybridized carbons (Fsp3) is 0.0526. The van der Waals surface area contributed by atoms with E-state index in [1.54, 1.807) is 0 Å². The number of aromatic nitrogens is 1. The van der Waals surface area contributed by atoms with Gasteiger partial charge in [-0.25, -0.2) is 4.39 Å². The third-order valence-corrected chi connectivity index (χ3v) is 3.54. The molecule has 1 heterocycles. The van der Waals surface area contributed by atoms with Gasteiger partial charge in [0.15, 0.2) is 0 Å². The van der Waals surface area contributed by atoms with Gasteiger partial charge >= 0.3 is 0 Å². The Morgan fingerprint density at radius 3 is 2.38 bits per heavy atom. The van der Waals surface area contributed by atoms with Gasteiger partial charge in [-0.3, -0.25) is 9.59 Å². The summed E-state index contributed by atoms with van der Waals surface area (Å²) in [5.41, 5.74) is 1.63. The van der Waals surface area contributed by atoms with Crippen molar-refractivity contribution in [2.75, 3.05) is 5.32 Å². The molecule has 0 aliphatic carbocycles. The van der Waals surface area contributed by atoms with Crippen molar-refractivity contribution in [1.82, 2.24) is 4.57 Å². The molecule has 0 spiro atoms. The molecule has 0 saturated carbocycles. The van der Waals surface area contributed by atoms with Gasteiger partial charge in [-0.15, -0.1) is 0 Å². The minimum atomic E-state index is -0.371. The molecule has 0 fully saturated rings. The Kier molecular flexibility index (Phi) is 4.52. The first-order valence-corrected chi connectivity index (χ1v) is 7.43. The highest BCUT2D eigenvalue weighted by Crippen LogP contribution is 2.10. The van der Waals surface area contributed by atoms with E-state index in [9.17, 15) is 14.0 Å². The molecule has 0 aliphatic rings. The van der Waals surface area contributed by atoms with E-state index in [1.165, 1.54) is 47.2 Å². The second-order valence-electron chi connectivity index (χ2n) is 5.33. The van der Waals surface area contributed by atoms with Gasteiger partial charge in [0.25, 0.3) is 11.5 Å². The Morgan fingerprint density at radius 1 is 0.958 bits per heavy atom. The molecule has 120 valence electrons. The molecule has 0 atom stereocenters. The fourth-order valence-corrected chi connectivity index (χ4v) is 2.31. The predicted octanol–water partition coefficient (Wildman–Crippen LogP) is 3.29. The van der Waals surface area contributed by atoms with Crippen LogP contribution in [-0.4, -0.2) is 10.5 Å². The number of amides is 1. The second-order valence-corrected chi connectivity index (χ2v) is 5.33. The predicted molar refractivity (Wildman–Crippen MR) is 90.6 cm³/mol. The van der Waals surface area contributed by atoms with Gasteiger partial charge < -0.3 is 9.88 Å². The minimum Gasteiger partial charge on any atom is -0.322 e. The zero-order valence-electron chi connectivity index (χ0n) is 12.8. The van der Waals surface area contributed by atoms with Gasteiger partial charge in [0.1, 0.15) is 5.82 Å². The summed E-state index contributed by atoms with van der Waals surface area (Å²) in [5.74, 6) is -0.729. The van der Waals surface area contributed by atoms with Crippen LogP contribution in [0.25, 0.3) is 0 Å². The molecule has 24 heavy (non-hydrogen) atoms. The summed E-state index contributed by atoms with van der Waals surface area (Å²) in [5, 5.41) is 2.67. The Bertz CT molecular complexity index is 903. The van der Waals surface area contributed by atoms with Crippen LogP contribution in [0, 0.1) is 5.82 Å². The lowest BCUT2D eigenvalue weighted by atomic mass is 10.2. The van der Waals surface area contributed by atoms with E-state index in [0.29, 0.717) is 17.8 Å². The number of rotatable bonds is 4. The maximum atomic E-state index is 12.9. The van der Waals surface area contributed by atoms with Crippen LogP contribution in [-0.2, 0) is 6.54 Å². The van der Waals surface area contributed by atoms with E-state index in [4.69, 9.17) is 0 Å². The van der Waals surface area contributed by atoms with E-state index in [2.05, 4.69) is 5.32 Å². The molecule has 1 amide bonds. The third-order valence-electron chi connectivity index (χ3n) is 3.54. The van der Waals surface area contributed by atoms with Crippen LogP contribution in [0.5, 0.6) is 0 Å². The van der Waals surface area contributed by atoms with Crippen molar-refractivity contribution in [3.63, 3.8) is 0 Å². The lowest BCUT2D eigenvalue weighted by Crippen LogP contribution is -2.22. The van der Waals surface area contributed by atoms with E-state index >= 15 is 0 Å². The number of hydrogen-bond acceptors (Lipinski definition) is 2. The van der Waals surface area contributed by atoms with Gasteiger partial charge in [-0.2, -0.15) is 0 Å². The summed E-state index contributed by atoms with van der Waals surface area (Å²) in [6.07, 6.45) is 1.52. The Labute approximate surface area is 138 Å². The van der Waals surface area contributed by atoms with Crippen molar-refractivity contribution in [2.24, 2.45) is 0 Å². The van der Waals surface area contributed by atoms with Crippen LogP contribution in [0.1, 0.15) is 15.9 Å². The van der Waals surface area contributed by atoms with Crippen molar-refractivity contribution in [2.45, 2.75) is 6.54 Å². The van der Waals surface area contributed by atoms with Crippen molar-refractivity contribution in [3.05, 3.63) is 100 Å². The number of hydrogen-bond donors (Lipinski definition) is 1. The van der Waals surface area contributed by atoms with Gasteiger partial charge in [-0.05, 0) is 35.9 Å². The average Bonchev–Trinajstić information content (AvgIpc) is 2.60. The highest BCUT2D eigenvalue weighted by molar-refractivity contribution is 6.04. The van der Waals surface area contributed by atoms with E-state index < -0.39 is 0 Å². The highest BCUT2D eigenvalue weighted by atomic mass is 19.1. The maximum Gasteiger partial charge on any atom is 0.257 e. The highest BCUT2D eigenvalue weighted by Gasteiger charge is 2.08. The molecule has 1 aromatic heterocycles. The van der Waals surface area contributed by atoms with Gasteiger partial charge in [-0.1, -0.05) is 30.3 Å². The summed E-state index contributed by atoms with van der Waals surface area (Å²) in [6, 6.07) is 17.9. The average molecular weight is 322 g/mol. The number of pyridine rings is 1. The monoisotopic (exact) mass is 322 g/mol. The van der Waals surface area contributed by atoms with Gasteiger partial charge in [0, 0.05) is 18.0 Å².